The fourth-order valence-electron chi connectivity index (χ4n) is 2.25. The average molecular weight is 314 g/mol. The molecule has 2 amide bonds. The first-order valence-corrected chi connectivity index (χ1v) is 7.13. The molecule has 0 atom stereocenters. The molecule has 6 nitrogen and oxygen atoms in total. The lowest BCUT2D eigenvalue weighted by molar-refractivity contribution is 0.192. The van der Waals surface area contributed by atoms with E-state index in [0.29, 0.717) is 6.42 Å². The van der Waals surface area contributed by atoms with Crippen molar-refractivity contribution in [2.45, 2.75) is 19.5 Å². The number of nitrogens with one attached hydrogen (secondary N) is 2. The molecule has 2 aromatic rings. The third-order valence-electron chi connectivity index (χ3n) is 3.41. The molecule has 0 aliphatic carbocycles. The molecule has 0 bridgehead atoms. The number of carboxylic acid groups (broad SMARTS) is 2. The van der Waals surface area contributed by atoms with Gasteiger partial charge in [-0.1, -0.05) is 48.5 Å². The molecular formula is C17H18N2O4. The van der Waals surface area contributed by atoms with Crippen molar-refractivity contribution >= 4 is 12.2 Å². The van der Waals surface area contributed by atoms with Gasteiger partial charge in [-0.15, -0.1) is 0 Å². The molecule has 0 aliphatic heterocycles. The van der Waals surface area contributed by atoms with Gasteiger partial charge in [0.25, 0.3) is 0 Å². The molecule has 120 valence electrons. The van der Waals surface area contributed by atoms with E-state index in [1.165, 1.54) is 0 Å². The van der Waals surface area contributed by atoms with Crippen LogP contribution in [0, 0.1) is 0 Å². The summed E-state index contributed by atoms with van der Waals surface area (Å²) in [5.74, 6) is 0. The number of rotatable bonds is 6. The van der Waals surface area contributed by atoms with E-state index in [2.05, 4.69) is 10.6 Å². The summed E-state index contributed by atoms with van der Waals surface area (Å²) in [5, 5.41) is 22.0. The fraction of sp³-hybridized carbons (Fsp3) is 0.176. The Kier molecular flexibility index (Phi) is 5.57. The van der Waals surface area contributed by atoms with E-state index >= 15 is 0 Å². The predicted octanol–water partition coefficient (Wildman–Crippen LogP) is 2.81. The minimum Gasteiger partial charge on any atom is -0.465 e. The van der Waals surface area contributed by atoms with E-state index in [0.717, 1.165) is 22.3 Å². The zero-order valence-electron chi connectivity index (χ0n) is 12.5. The number of hydrogen-bond donors (Lipinski definition) is 4. The first kappa shape index (κ1) is 16.4. The summed E-state index contributed by atoms with van der Waals surface area (Å²) in [7, 11) is 0. The van der Waals surface area contributed by atoms with E-state index in [-0.39, 0.29) is 13.1 Å². The molecule has 23 heavy (non-hydrogen) atoms. The Hall–Kier alpha value is -3.02. The van der Waals surface area contributed by atoms with Crippen LogP contribution in [0.3, 0.4) is 0 Å². The number of hydrogen-bond acceptors (Lipinski definition) is 2. The van der Waals surface area contributed by atoms with Crippen molar-refractivity contribution in [2.75, 3.05) is 0 Å². The molecule has 2 aromatic carbocycles. The lowest BCUT2D eigenvalue weighted by Gasteiger charge is -2.10. The number of amides is 2. The predicted molar refractivity (Wildman–Crippen MR) is 85.4 cm³/mol. The summed E-state index contributed by atoms with van der Waals surface area (Å²) in [4.78, 5) is 21.1. The van der Waals surface area contributed by atoms with Crippen LogP contribution in [-0.2, 0) is 19.5 Å². The summed E-state index contributed by atoms with van der Waals surface area (Å²) in [6.45, 7) is 0.543. The lowest BCUT2D eigenvalue weighted by Crippen LogP contribution is -2.20. The maximum atomic E-state index is 10.6. The Morgan fingerprint density at radius 2 is 1.26 bits per heavy atom. The van der Waals surface area contributed by atoms with Crippen molar-refractivity contribution in [3.05, 3.63) is 70.8 Å². The molecule has 2 rings (SSSR count). The van der Waals surface area contributed by atoms with Crippen molar-refractivity contribution in [3.8, 4) is 0 Å². The van der Waals surface area contributed by atoms with Gasteiger partial charge < -0.3 is 20.8 Å². The normalized spacial score (nSPS) is 10.1. The van der Waals surface area contributed by atoms with Crippen LogP contribution in [0.4, 0.5) is 9.59 Å². The van der Waals surface area contributed by atoms with Gasteiger partial charge in [0.05, 0.1) is 0 Å². The minimum atomic E-state index is -1.05. The second-order valence-electron chi connectivity index (χ2n) is 5.08. The molecular weight excluding hydrogens is 296 g/mol. The molecule has 4 N–H and O–H groups in total. The molecule has 0 aliphatic rings. The Bertz CT molecular complexity index is 683. The van der Waals surface area contributed by atoms with Crippen LogP contribution in [0.5, 0.6) is 0 Å². The Balaban J connectivity index is 2.04. The first-order chi connectivity index (χ1) is 11.0. The van der Waals surface area contributed by atoms with Gasteiger partial charge in [-0.05, 0) is 28.7 Å². The van der Waals surface area contributed by atoms with Crippen molar-refractivity contribution in [3.63, 3.8) is 0 Å². The van der Waals surface area contributed by atoms with Crippen LogP contribution in [0.1, 0.15) is 22.3 Å². The molecule has 0 unspecified atom stereocenters. The Morgan fingerprint density at radius 1 is 0.739 bits per heavy atom. The van der Waals surface area contributed by atoms with Gasteiger partial charge in [0.1, 0.15) is 0 Å². The summed E-state index contributed by atoms with van der Waals surface area (Å²) >= 11 is 0. The lowest BCUT2D eigenvalue weighted by atomic mass is 9.99. The maximum absolute atomic E-state index is 10.6. The van der Waals surface area contributed by atoms with Gasteiger partial charge in [0.15, 0.2) is 0 Å². The van der Waals surface area contributed by atoms with Gasteiger partial charge in [0.2, 0.25) is 0 Å². The topological polar surface area (TPSA) is 98.7 Å². The molecule has 0 saturated heterocycles. The number of benzene rings is 2. The van der Waals surface area contributed by atoms with Crippen molar-refractivity contribution in [1.82, 2.24) is 10.6 Å². The van der Waals surface area contributed by atoms with Crippen LogP contribution < -0.4 is 10.6 Å². The fourth-order valence-corrected chi connectivity index (χ4v) is 2.25. The highest BCUT2D eigenvalue weighted by Crippen LogP contribution is 2.15. The SMILES string of the molecule is O=C(O)NCc1ccc(Cc2ccccc2CNC(=O)O)cc1. The largest absolute Gasteiger partial charge is 0.465 e. The van der Waals surface area contributed by atoms with E-state index in [4.69, 9.17) is 10.2 Å². The van der Waals surface area contributed by atoms with Gasteiger partial charge >= 0.3 is 12.2 Å². The van der Waals surface area contributed by atoms with Gasteiger partial charge in [-0.25, -0.2) is 9.59 Å². The first-order valence-electron chi connectivity index (χ1n) is 7.13. The third-order valence-corrected chi connectivity index (χ3v) is 3.41. The summed E-state index contributed by atoms with van der Waals surface area (Å²) in [5.41, 5.74) is 3.95. The zero-order valence-corrected chi connectivity index (χ0v) is 12.5. The molecule has 0 heterocycles. The van der Waals surface area contributed by atoms with E-state index in [1.54, 1.807) is 0 Å². The molecule has 0 fully saturated rings. The van der Waals surface area contributed by atoms with Gasteiger partial charge in [-0.3, -0.25) is 0 Å². The van der Waals surface area contributed by atoms with Crippen LogP contribution in [0.15, 0.2) is 48.5 Å². The summed E-state index contributed by atoms with van der Waals surface area (Å²) in [6.07, 6.45) is -1.41. The second kappa shape index (κ2) is 7.84. The smallest absolute Gasteiger partial charge is 0.404 e. The van der Waals surface area contributed by atoms with Gasteiger partial charge in [-0.2, -0.15) is 0 Å². The molecule has 6 heteroatoms. The number of carbonyl (C=O) groups is 2. The van der Waals surface area contributed by atoms with Crippen LogP contribution in [0.2, 0.25) is 0 Å². The third kappa shape index (κ3) is 5.35. The van der Waals surface area contributed by atoms with Crippen molar-refractivity contribution < 1.29 is 19.8 Å². The molecule has 0 radical (unpaired) electrons. The van der Waals surface area contributed by atoms with E-state index < -0.39 is 12.2 Å². The van der Waals surface area contributed by atoms with E-state index in [9.17, 15) is 9.59 Å². The zero-order chi connectivity index (χ0) is 16.7. The highest BCUT2D eigenvalue weighted by atomic mass is 16.4. The van der Waals surface area contributed by atoms with Crippen LogP contribution in [0.25, 0.3) is 0 Å². The Morgan fingerprint density at radius 3 is 1.87 bits per heavy atom. The molecule has 0 spiro atoms. The summed E-state index contributed by atoms with van der Waals surface area (Å²) in [6, 6.07) is 15.3. The standard InChI is InChI=1S/C17H18N2O4/c20-16(21)18-10-13-7-5-12(6-8-13)9-14-3-1-2-4-15(14)11-19-17(22)23/h1-8,18-19H,9-11H2,(H,20,21)(H,22,23). The highest BCUT2D eigenvalue weighted by molar-refractivity contribution is 5.64. The minimum absolute atomic E-state index is 0.270. The maximum Gasteiger partial charge on any atom is 0.404 e. The van der Waals surface area contributed by atoms with E-state index in [1.807, 2.05) is 48.5 Å². The monoisotopic (exact) mass is 314 g/mol. The van der Waals surface area contributed by atoms with Crippen LogP contribution >= 0.6 is 0 Å². The van der Waals surface area contributed by atoms with Crippen molar-refractivity contribution in [1.29, 1.82) is 0 Å². The quantitative estimate of drug-likeness (QED) is 0.659. The van der Waals surface area contributed by atoms with Crippen LogP contribution in [-0.4, -0.2) is 22.4 Å². The summed E-state index contributed by atoms with van der Waals surface area (Å²) < 4.78 is 0. The van der Waals surface area contributed by atoms with Gasteiger partial charge in [0, 0.05) is 13.1 Å². The molecule has 0 saturated carbocycles. The average Bonchev–Trinajstić information content (AvgIpc) is 2.53. The Labute approximate surface area is 133 Å². The van der Waals surface area contributed by atoms with Crippen molar-refractivity contribution in [2.24, 2.45) is 0 Å². The highest BCUT2D eigenvalue weighted by Gasteiger charge is 2.05. The second-order valence-corrected chi connectivity index (χ2v) is 5.08. The molecule has 0 aromatic heterocycles.